The van der Waals surface area contributed by atoms with Gasteiger partial charge in [-0.3, -0.25) is 4.79 Å². The molecule has 0 radical (unpaired) electrons. The third-order valence-electron chi connectivity index (χ3n) is 7.82. The number of likely N-dealkylation sites (tertiary alicyclic amines) is 1. The monoisotopic (exact) mass is 478 g/mol. The van der Waals surface area contributed by atoms with Crippen LogP contribution in [-0.4, -0.2) is 70.0 Å². The number of hydrogen-bond acceptors (Lipinski definition) is 5. The standard InChI is InChI=1S/C25H38N2O5S/c1-31-25(14-6-15-25)24(28)27-16-13-22(26-33(2,29)30)23(17-27)32-18-19-9-11-21(12-10-19)20-7-4-3-5-8-20/h3-5,7-8,19,21-23,26H,6,9-18H2,1-2H3/t19?,21?,22-,23+/m0/s1. The highest BCUT2D eigenvalue weighted by Gasteiger charge is 2.48. The molecule has 1 N–H and O–H groups in total. The molecule has 0 unspecified atom stereocenters. The van der Waals surface area contributed by atoms with Crippen LogP contribution in [0.2, 0.25) is 0 Å². The summed E-state index contributed by atoms with van der Waals surface area (Å²) in [5.74, 6) is 1.09. The third kappa shape index (κ3) is 5.96. The van der Waals surface area contributed by atoms with Gasteiger partial charge < -0.3 is 14.4 Å². The molecule has 1 heterocycles. The van der Waals surface area contributed by atoms with E-state index in [1.165, 1.54) is 11.8 Å². The number of benzene rings is 1. The second kappa shape index (κ2) is 10.4. The Balaban J connectivity index is 1.34. The highest BCUT2D eigenvalue weighted by Crippen LogP contribution is 2.38. The number of ether oxygens (including phenoxy) is 2. The summed E-state index contributed by atoms with van der Waals surface area (Å²) in [4.78, 5) is 15.0. The summed E-state index contributed by atoms with van der Waals surface area (Å²) in [6.07, 6.45) is 8.38. The van der Waals surface area contributed by atoms with Gasteiger partial charge in [-0.25, -0.2) is 13.1 Å². The first kappa shape index (κ1) is 24.6. The second-order valence-corrected chi connectivity index (χ2v) is 11.9. The molecule has 1 aromatic carbocycles. The van der Waals surface area contributed by atoms with Gasteiger partial charge in [-0.05, 0) is 68.8 Å². The summed E-state index contributed by atoms with van der Waals surface area (Å²) in [6, 6.07) is 10.4. The van der Waals surface area contributed by atoms with Crippen LogP contribution in [0, 0.1) is 5.92 Å². The van der Waals surface area contributed by atoms with Crippen LogP contribution in [0.15, 0.2) is 30.3 Å². The van der Waals surface area contributed by atoms with Crippen LogP contribution in [0.1, 0.15) is 62.8 Å². The molecule has 2 aliphatic carbocycles. The molecule has 2 saturated carbocycles. The first-order chi connectivity index (χ1) is 15.8. The van der Waals surface area contributed by atoms with Gasteiger partial charge in [-0.15, -0.1) is 0 Å². The van der Waals surface area contributed by atoms with Crippen LogP contribution in [0.3, 0.4) is 0 Å². The fourth-order valence-corrected chi connectivity index (χ4v) is 6.44. The maximum absolute atomic E-state index is 13.2. The minimum absolute atomic E-state index is 0.0195. The minimum Gasteiger partial charge on any atom is -0.374 e. The summed E-state index contributed by atoms with van der Waals surface area (Å²) in [6.45, 7) is 1.52. The third-order valence-corrected chi connectivity index (χ3v) is 8.55. The highest BCUT2D eigenvalue weighted by molar-refractivity contribution is 7.88. The van der Waals surface area contributed by atoms with Gasteiger partial charge >= 0.3 is 0 Å². The molecule has 0 aromatic heterocycles. The van der Waals surface area contributed by atoms with Crippen molar-refractivity contribution in [3.8, 4) is 0 Å². The van der Waals surface area contributed by atoms with Crippen LogP contribution in [-0.2, 0) is 24.3 Å². The molecule has 184 valence electrons. The molecule has 1 amide bonds. The first-order valence-corrected chi connectivity index (χ1v) is 14.2. The molecule has 33 heavy (non-hydrogen) atoms. The summed E-state index contributed by atoms with van der Waals surface area (Å²) in [5, 5.41) is 0. The maximum atomic E-state index is 13.2. The van der Waals surface area contributed by atoms with Gasteiger partial charge in [0.05, 0.1) is 18.4 Å². The summed E-state index contributed by atoms with van der Waals surface area (Å²) < 4.78 is 38.5. The highest BCUT2D eigenvalue weighted by atomic mass is 32.2. The number of hydrogen-bond donors (Lipinski definition) is 1. The zero-order chi connectivity index (χ0) is 23.5. The number of piperidine rings is 1. The minimum atomic E-state index is -3.36. The Labute approximate surface area is 198 Å². The van der Waals surface area contributed by atoms with Crippen molar-refractivity contribution < 1.29 is 22.7 Å². The largest absolute Gasteiger partial charge is 0.374 e. The molecule has 2 atom stereocenters. The predicted octanol–water partition coefficient (Wildman–Crippen LogP) is 3.06. The van der Waals surface area contributed by atoms with E-state index < -0.39 is 15.6 Å². The number of carbonyl (C=O) groups excluding carboxylic acids is 1. The van der Waals surface area contributed by atoms with Gasteiger partial charge in [0.15, 0.2) is 0 Å². The number of nitrogens with one attached hydrogen (secondary N) is 1. The van der Waals surface area contributed by atoms with Crippen molar-refractivity contribution in [3.63, 3.8) is 0 Å². The van der Waals surface area contributed by atoms with Crippen molar-refractivity contribution in [2.75, 3.05) is 33.1 Å². The van der Waals surface area contributed by atoms with E-state index in [0.717, 1.165) is 44.9 Å². The van der Waals surface area contributed by atoms with Crippen LogP contribution in [0.25, 0.3) is 0 Å². The first-order valence-electron chi connectivity index (χ1n) is 12.3. The van der Waals surface area contributed by atoms with Gasteiger partial charge in [0.25, 0.3) is 5.91 Å². The topological polar surface area (TPSA) is 84.9 Å². The van der Waals surface area contributed by atoms with Crippen molar-refractivity contribution in [1.29, 1.82) is 0 Å². The zero-order valence-corrected chi connectivity index (χ0v) is 20.7. The number of amides is 1. The molecule has 1 aromatic rings. The molecule has 3 aliphatic rings. The lowest BCUT2D eigenvalue weighted by atomic mass is 9.78. The lowest BCUT2D eigenvalue weighted by Crippen LogP contribution is -2.61. The summed E-state index contributed by atoms with van der Waals surface area (Å²) >= 11 is 0. The van der Waals surface area contributed by atoms with E-state index >= 15 is 0 Å². The van der Waals surface area contributed by atoms with E-state index in [-0.39, 0.29) is 18.1 Å². The maximum Gasteiger partial charge on any atom is 0.254 e. The Morgan fingerprint density at radius 2 is 1.82 bits per heavy atom. The Morgan fingerprint density at radius 1 is 1.12 bits per heavy atom. The molecule has 3 fully saturated rings. The normalized spacial score (nSPS) is 29.9. The second-order valence-electron chi connectivity index (χ2n) is 10.1. The Morgan fingerprint density at radius 3 is 2.39 bits per heavy atom. The number of carbonyl (C=O) groups is 1. The molecule has 1 aliphatic heterocycles. The van der Waals surface area contributed by atoms with E-state index in [1.54, 1.807) is 7.11 Å². The molecular formula is C25H38N2O5S. The van der Waals surface area contributed by atoms with E-state index in [2.05, 4.69) is 35.1 Å². The van der Waals surface area contributed by atoms with Crippen molar-refractivity contribution in [2.24, 2.45) is 5.92 Å². The van der Waals surface area contributed by atoms with Crippen molar-refractivity contribution in [1.82, 2.24) is 9.62 Å². The van der Waals surface area contributed by atoms with Gasteiger partial charge in [0.1, 0.15) is 5.60 Å². The van der Waals surface area contributed by atoms with Gasteiger partial charge in [-0.1, -0.05) is 30.3 Å². The summed E-state index contributed by atoms with van der Waals surface area (Å²) in [7, 11) is -1.75. The smallest absolute Gasteiger partial charge is 0.254 e. The van der Waals surface area contributed by atoms with Crippen molar-refractivity contribution in [2.45, 2.75) is 75.0 Å². The number of methoxy groups -OCH3 is 1. The quantitative estimate of drug-likeness (QED) is 0.621. The predicted molar refractivity (Wildman–Crippen MR) is 127 cm³/mol. The fourth-order valence-electron chi connectivity index (χ4n) is 5.62. The molecule has 0 spiro atoms. The number of sulfonamides is 1. The average Bonchev–Trinajstić information content (AvgIpc) is 2.78. The molecule has 8 heteroatoms. The fraction of sp³-hybridized carbons (Fsp3) is 0.720. The van der Waals surface area contributed by atoms with E-state index in [1.807, 2.05) is 4.90 Å². The van der Waals surface area contributed by atoms with E-state index in [4.69, 9.17) is 9.47 Å². The number of rotatable bonds is 8. The van der Waals surface area contributed by atoms with E-state index in [9.17, 15) is 13.2 Å². The van der Waals surface area contributed by atoms with Crippen LogP contribution < -0.4 is 4.72 Å². The Hall–Kier alpha value is -1.48. The van der Waals surface area contributed by atoms with Crippen molar-refractivity contribution >= 4 is 15.9 Å². The van der Waals surface area contributed by atoms with Gasteiger partial charge in [-0.2, -0.15) is 0 Å². The molecule has 4 rings (SSSR count). The van der Waals surface area contributed by atoms with Crippen LogP contribution >= 0.6 is 0 Å². The summed E-state index contributed by atoms with van der Waals surface area (Å²) in [5.41, 5.74) is 0.719. The molecule has 0 bridgehead atoms. The van der Waals surface area contributed by atoms with Crippen molar-refractivity contribution in [3.05, 3.63) is 35.9 Å². The molecular weight excluding hydrogens is 440 g/mol. The van der Waals surface area contributed by atoms with Crippen LogP contribution in [0.4, 0.5) is 0 Å². The average molecular weight is 479 g/mol. The lowest BCUT2D eigenvalue weighted by molar-refractivity contribution is -0.170. The van der Waals surface area contributed by atoms with Gasteiger partial charge in [0, 0.05) is 26.8 Å². The van der Waals surface area contributed by atoms with Crippen LogP contribution in [0.5, 0.6) is 0 Å². The Kier molecular flexibility index (Phi) is 7.78. The number of nitrogens with zero attached hydrogens (tertiary/aromatic N) is 1. The molecule has 7 nitrogen and oxygen atoms in total. The van der Waals surface area contributed by atoms with E-state index in [0.29, 0.717) is 38.0 Å². The Bertz CT molecular complexity index is 889. The molecule has 1 saturated heterocycles. The lowest BCUT2D eigenvalue weighted by Gasteiger charge is -2.46. The SMILES string of the molecule is COC1(C(=O)N2CC[C@H](NS(C)(=O)=O)[C@H](OCC3CCC(c4ccccc4)CC3)C2)CCC1. The zero-order valence-electron chi connectivity index (χ0n) is 19.9. The van der Waals surface area contributed by atoms with Gasteiger partial charge in [0.2, 0.25) is 10.0 Å².